The molecule has 0 saturated heterocycles. The lowest BCUT2D eigenvalue weighted by molar-refractivity contribution is -0.159. The third-order valence-electron chi connectivity index (χ3n) is 10.2. The van der Waals surface area contributed by atoms with Crippen molar-refractivity contribution >= 4 is 47.8 Å². The van der Waals surface area contributed by atoms with Crippen molar-refractivity contribution in [1.82, 2.24) is 25.8 Å². The van der Waals surface area contributed by atoms with Crippen molar-refractivity contribution in [3.8, 4) is 0 Å². The molecule has 0 aromatic heterocycles. The summed E-state index contributed by atoms with van der Waals surface area (Å²) in [5.74, 6) is -2.74. The number of unbranched alkanes of at least 4 members (excludes halogenated alkanes) is 11. The van der Waals surface area contributed by atoms with Crippen molar-refractivity contribution < 1.29 is 62.4 Å². The molecule has 406 valence electrons. The Morgan fingerprint density at radius 1 is 0.414 bits per heavy atom. The van der Waals surface area contributed by atoms with E-state index in [4.69, 9.17) is 24.1 Å². The lowest BCUT2D eigenvalue weighted by Crippen LogP contribution is -2.44. The molecule has 0 unspecified atom stereocenters. The Morgan fingerprint density at radius 2 is 0.786 bits per heavy atom. The van der Waals surface area contributed by atoms with E-state index in [0.29, 0.717) is 58.2 Å². The molecule has 4 N–H and O–H groups in total. The zero-order valence-corrected chi connectivity index (χ0v) is 45.4. The van der Waals surface area contributed by atoms with E-state index in [9.17, 15) is 38.4 Å². The van der Waals surface area contributed by atoms with Gasteiger partial charge in [-0.05, 0) is 128 Å². The van der Waals surface area contributed by atoms with E-state index in [2.05, 4.69) is 16.0 Å². The quantitative estimate of drug-likeness (QED) is 0.0264. The van der Waals surface area contributed by atoms with Gasteiger partial charge in [0.25, 0.3) is 0 Å². The fourth-order valence-corrected chi connectivity index (χ4v) is 6.94. The molecular weight excluding hydrogens is 903 g/mol. The van der Waals surface area contributed by atoms with Crippen molar-refractivity contribution in [3.63, 3.8) is 0 Å². The second-order valence-electron chi connectivity index (χ2n) is 22.1. The number of hydrogen-bond acceptors (Lipinski definition) is 12. The Labute approximate surface area is 420 Å². The highest BCUT2D eigenvalue weighted by molar-refractivity contribution is 5.85. The number of hydrogen-bond donors (Lipinski definition) is 4. The van der Waals surface area contributed by atoms with Gasteiger partial charge in [0.1, 0.15) is 28.4 Å². The Morgan fingerprint density at radius 3 is 1.19 bits per heavy atom. The van der Waals surface area contributed by atoms with Crippen LogP contribution in [0.4, 0.5) is 9.59 Å². The topological polar surface area (TPSA) is 236 Å². The maximum Gasteiger partial charge on any atom is 0.410 e. The van der Waals surface area contributed by atoms with E-state index >= 15 is 0 Å². The van der Waals surface area contributed by atoms with E-state index in [1.807, 2.05) is 20.8 Å². The molecule has 1 atom stereocenters. The van der Waals surface area contributed by atoms with E-state index in [1.54, 1.807) is 72.1 Å². The van der Waals surface area contributed by atoms with E-state index in [1.165, 1.54) is 6.42 Å². The average molecular weight is 998 g/mol. The Bertz CT molecular complexity index is 1580. The van der Waals surface area contributed by atoms with Crippen molar-refractivity contribution in [1.29, 1.82) is 0 Å². The molecule has 0 bridgehead atoms. The maximum atomic E-state index is 13.2. The molecule has 0 aliphatic heterocycles. The van der Waals surface area contributed by atoms with Crippen LogP contribution in [0.3, 0.4) is 0 Å². The summed E-state index contributed by atoms with van der Waals surface area (Å²) in [7, 11) is 0. The van der Waals surface area contributed by atoms with Gasteiger partial charge in [0.2, 0.25) is 17.7 Å². The standard InChI is InChI=1S/C52H95N5O13/c1-49(2,3)67-45(63)29-23-21-19-17-15-13-14-16-18-20-22-28-43(60)55-40(46(64)68-50(4,5)6)30-31-41(58)53-34-26-38-56(47(65)69-51(7,8)9)36-24-25-37-57(48(66)70-52(10,11)12)39-27-35-54-42(59)32-33-44(61)62/h40H,13-39H2,1-12H3,(H,53,58)(H,54,59)(H,55,60)(H,61,62)/t40-/m0/s1. The van der Waals surface area contributed by atoms with Gasteiger partial charge in [-0.15, -0.1) is 0 Å². The molecule has 0 aromatic rings. The molecule has 0 spiro atoms. The lowest BCUT2D eigenvalue weighted by atomic mass is 10.0. The second-order valence-corrected chi connectivity index (χ2v) is 22.1. The van der Waals surface area contributed by atoms with Crippen LogP contribution in [0.15, 0.2) is 0 Å². The number of carbonyl (C=O) groups is 8. The van der Waals surface area contributed by atoms with Crippen LogP contribution in [-0.4, -0.2) is 130 Å². The zero-order chi connectivity index (χ0) is 53.4. The number of carboxylic acid groups (broad SMARTS) is 1. The summed E-state index contributed by atoms with van der Waals surface area (Å²) in [5.41, 5.74) is -2.69. The van der Waals surface area contributed by atoms with Gasteiger partial charge in [-0.3, -0.25) is 24.0 Å². The minimum absolute atomic E-state index is 0.0305. The highest BCUT2D eigenvalue weighted by Gasteiger charge is 2.28. The first-order chi connectivity index (χ1) is 32.5. The van der Waals surface area contributed by atoms with Crippen LogP contribution in [-0.2, 0) is 47.7 Å². The number of rotatable bonds is 35. The molecule has 5 amide bonds. The predicted octanol–water partition coefficient (Wildman–Crippen LogP) is 9.14. The lowest BCUT2D eigenvalue weighted by Gasteiger charge is -2.29. The minimum atomic E-state index is -1.06. The highest BCUT2D eigenvalue weighted by Crippen LogP contribution is 2.17. The van der Waals surface area contributed by atoms with Gasteiger partial charge in [0, 0.05) is 65.0 Å². The third-order valence-corrected chi connectivity index (χ3v) is 10.2. The maximum absolute atomic E-state index is 13.2. The number of nitrogens with one attached hydrogen (secondary N) is 3. The molecule has 0 fully saturated rings. The van der Waals surface area contributed by atoms with Crippen molar-refractivity contribution in [3.05, 3.63) is 0 Å². The van der Waals surface area contributed by atoms with Crippen LogP contribution in [0.25, 0.3) is 0 Å². The average Bonchev–Trinajstić information content (AvgIpc) is 3.20. The van der Waals surface area contributed by atoms with Crippen LogP contribution < -0.4 is 16.0 Å². The summed E-state index contributed by atoms with van der Waals surface area (Å²) in [4.78, 5) is 103. The monoisotopic (exact) mass is 998 g/mol. The zero-order valence-electron chi connectivity index (χ0n) is 45.4. The Balaban J connectivity index is 4.97. The van der Waals surface area contributed by atoms with E-state index in [-0.39, 0.29) is 75.4 Å². The molecule has 18 nitrogen and oxygen atoms in total. The molecule has 70 heavy (non-hydrogen) atoms. The van der Waals surface area contributed by atoms with Crippen LogP contribution in [0.1, 0.15) is 218 Å². The molecule has 0 aromatic carbocycles. The summed E-state index contributed by atoms with van der Waals surface area (Å²) < 4.78 is 22.2. The number of esters is 2. The molecule has 0 radical (unpaired) electrons. The number of aliphatic carboxylic acids is 1. The van der Waals surface area contributed by atoms with Crippen LogP contribution in [0.2, 0.25) is 0 Å². The smallest absolute Gasteiger partial charge is 0.410 e. The molecule has 0 heterocycles. The van der Waals surface area contributed by atoms with Crippen molar-refractivity contribution in [2.45, 2.75) is 246 Å². The fourth-order valence-electron chi connectivity index (χ4n) is 6.94. The van der Waals surface area contributed by atoms with Gasteiger partial charge in [-0.25, -0.2) is 14.4 Å². The van der Waals surface area contributed by atoms with Crippen LogP contribution in [0.5, 0.6) is 0 Å². The van der Waals surface area contributed by atoms with E-state index < -0.39 is 52.6 Å². The van der Waals surface area contributed by atoms with Crippen LogP contribution in [0, 0.1) is 0 Å². The second kappa shape index (κ2) is 34.6. The first kappa shape index (κ1) is 65.4. The third kappa shape index (κ3) is 40.1. The number of nitrogens with zero attached hydrogens (tertiary/aromatic N) is 2. The molecule has 0 aliphatic carbocycles. The summed E-state index contributed by atoms with van der Waals surface area (Å²) in [5, 5.41) is 17.1. The van der Waals surface area contributed by atoms with E-state index in [0.717, 1.165) is 57.8 Å². The van der Waals surface area contributed by atoms with Gasteiger partial charge in [0.15, 0.2) is 0 Å². The van der Waals surface area contributed by atoms with Gasteiger partial charge < -0.3 is 49.8 Å². The van der Waals surface area contributed by atoms with Crippen LogP contribution >= 0.6 is 0 Å². The Hall–Kier alpha value is -4.64. The number of carbonyl (C=O) groups excluding carboxylic acids is 7. The van der Waals surface area contributed by atoms with Gasteiger partial charge in [0.05, 0.1) is 6.42 Å². The van der Waals surface area contributed by atoms with Crippen molar-refractivity contribution in [2.24, 2.45) is 0 Å². The molecule has 0 saturated carbocycles. The number of amides is 5. The normalized spacial score (nSPS) is 12.3. The highest BCUT2D eigenvalue weighted by atomic mass is 16.6. The molecule has 0 aliphatic rings. The molecule has 18 heteroatoms. The fraction of sp³-hybridized carbons (Fsp3) is 0.846. The minimum Gasteiger partial charge on any atom is -0.481 e. The summed E-state index contributed by atoms with van der Waals surface area (Å²) in [6.07, 6.45) is 12.6. The molecular formula is C52H95N5O13. The first-order valence-corrected chi connectivity index (χ1v) is 25.9. The Kier molecular flexibility index (Phi) is 32.3. The molecule has 0 rings (SSSR count). The first-order valence-electron chi connectivity index (χ1n) is 25.9. The van der Waals surface area contributed by atoms with Gasteiger partial charge >= 0.3 is 30.1 Å². The number of carboxylic acids is 1. The van der Waals surface area contributed by atoms with Crippen molar-refractivity contribution in [2.75, 3.05) is 39.3 Å². The summed E-state index contributed by atoms with van der Waals surface area (Å²) >= 11 is 0. The van der Waals surface area contributed by atoms with Gasteiger partial charge in [-0.1, -0.05) is 57.8 Å². The SMILES string of the molecule is CC(C)(C)OC(=O)CCCCCCCCCCCCCC(=O)N[C@@H](CCC(=O)NCCCN(CCCCN(CCCNC(=O)CCC(=O)O)C(=O)OC(C)(C)C)C(=O)OC(C)(C)C)C(=O)OC(C)(C)C. The van der Waals surface area contributed by atoms with Gasteiger partial charge in [-0.2, -0.15) is 0 Å². The predicted molar refractivity (Wildman–Crippen MR) is 270 cm³/mol. The summed E-state index contributed by atoms with van der Waals surface area (Å²) in [6, 6.07) is -0.986. The largest absolute Gasteiger partial charge is 0.481 e. The summed E-state index contributed by atoms with van der Waals surface area (Å²) in [6.45, 7) is 23.2. The number of ether oxygens (including phenoxy) is 4.